The standard InChI is InChI=1S/C17H17ClFNO3.C12H9ClFNO.C2HF3O/c1-17(2,3)23-16(22)20-13-8-11(18)12(19)7-10(13)9-5-4-6-14(21)15(9)20;13-8-5-10-7(4-9(8)14)6-2-1-3-11(16)12(6)15-10;3-2(4,5)1-6/h7-8H,4-6H2,1-3H3;4-5,15H,1-3H2;1H. The molecule has 0 fully saturated rings. The molecule has 0 saturated carbocycles. The van der Waals surface area contributed by atoms with E-state index >= 15 is 0 Å². The van der Waals surface area contributed by atoms with Crippen LogP contribution in [-0.2, 0) is 22.4 Å². The van der Waals surface area contributed by atoms with Crippen LogP contribution in [0.2, 0.25) is 10.0 Å². The first-order valence-electron chi connectivity index (χ1n) is 13.8. The molecule has 0 aliphatic heterocycles. The predicted molar refractivity (Wildman–Crippen MR) is 158 cm³/mol. The van der Waals surface area contributed by atoms with Gasteiger partial charge in [-0.15, -0.1) is 0 Å². The number of alkyl halides is 3. The number of ether oxygens (including phenoxy) is 1. The number of H-pyrrole nitrogens is 1. The van der Waals surface area contributed by atoms with Crippen molar-refractivity contribution >= 4 is 69.0 Å². The summed E-state index contributed by atoms with van der Waals surface area (Å²) >= 11 is 11.6. The van der Waals surface area contributed by atoms with Crippen molar-refractivity contribution in [2.75, 3.05) is 0 Å². The molecule has 2 aliphatic carbocycles. The first-order chi connectivity index (χ1) is 20.9. The van der Waals surface area contributed by atoms with E-state index in [1.807, 2.05) is 0 Å². The van der Waals surface area contributed by atoms with E-state index in [-0.39, 0.29) is 21.6 Å². The number of nitrogens with zero attached hydrogens (tertiary/aromatic N) is 1. The minimum atomic E-state index is -4.64. The number of aromatic amines is 1. The van der Waals surface area contributed by atoms with Crippen molar-refractivity contribution in [3.05, 3.63) is 68.5 Å². The lowest BCUT2D eigenvalue weighted by atomic mass is 9.94. The molecule has 0 spiro atoms. The van der Waals surface area contributed by atoms with E-state index in [1.165, 1.54) is 28.8 Å². The molecule has 7 nitrogen and oxygen atoms in total. The SMILES string of the molecule is CC(C)(C)OC(=O)n1c2c(c3cc(F)c(Cl)cc31)CCCC2=O.O=C1CCCc2c1[nH]c1cc(Cl)c(F)cc21.O=CC(F)(F)F. The Labute approximate surface area is 263 Å². The van der Waals surface area contributed by atoms with Crippen LogP contribution in [0, 0.1) is 11.6 Å². The van der Waals surface area contributed by atoms with E-state index in [9.17, 15) is 36.3 Å². The van der Waals surface area contributed by atoms with Crippen LogP contribution >= 0.6 is 23.2 Å². The maximum atomic E-state index is 13.9. The van der Waals surface area contributed by atoms with Gasteiger partial charge in [-0.2, -0.15) is 13.2 Å². The average Bonchev–Trinajstić information content (AvgIpc) is 3.45. The molecule has 2 aromatic heterocycles. The van der Waals surface area contributed by atoms with Crippen LogP contribution in [0.4, 0.5) is 26.7 Å². The number of rotatable bonds is 0. The maximum Gasteiger partial charge on any atom is 0.446 e. The highest BCUT2D eigenvalue weighted by Gasteiger charge is 2.32. The van der Waals surface area contributed by atoms with Crippen molar-refractivity contribution in [1.82, 2.24) is 9.55 Å². The summed E-state index contributed by atoms with van der Waals surface area (Å²) in [7, 11) is 0. The first-order valence-corrected chi connectivity index (χ1v) is 14.5. The Kier molecular flexibility index (Phi) is 9.79. The number of carbonyl (C=O) groups excluding carboxylic acids is 4. The molecular formula is C31H27Cl2F5N2O5. The van der Waals surface area contributed by atoms with Gasteiger partial charge < -0.3 is 9.72 Å². The summed E-state index contributed by atoms with van der Waals surface area (Å²) in [4.78, 5) is 48.4. The normalized spacial score (nSPS) is 14.6. The predicted octanol–water partition coefficient (Wildman–Crippen LogP) is 8.96. The fraction of sp³-hybridized carbons (Fsp3) is 0.355. The maximum absolute atomic E-state index is 13.9. The number of aldehydes is 1. The van der Waals surface area contributed by atoms with Crippen molar-refractivity contribution in [3.63, 3.8) is 0 Å². The van der Waals surface area contributed by atoms with Crippen LogP contribution in [0.1, 0.15) is 78.6 Å². The molecule has 0 radical (unpaired) electrons. The second kappa shape index (κ2) is 12.9. The van der Waals surface area contributed by atoms with Gasteiger partial charge in [-0.25, -0.2) is 18.1 Å². The highest BCUT2D eigenvalue weighted by molar-refractivity contribution is 6.32. The third kappa shape index (κ3) is 7.55. The molecule has 0 atom stereocenters. The highest BCUT2D eigenvalue weighted by Crippen LogP contribution is 2.36. The summed E-state index contributed by atoms with van der Waals surface area (Å²) in [6.07, 6.45) is -2.46. The number of Topliss-reactive ketones (excluding diaryl/α,β-unsaturated/α-hetero) is 2. The van der Waals surface area contributed by atoms with Crippen LogP contribution in [-0.4, -0.2) is 45.3 Å². The molecule has 240 valence electrons. The van der Waals surface area contributed by atoms with Gasteiger partial charge in [-0.05, 0) is 81.8 Å². The Morgan fingerprint density at radius 3 is 1.98 bits per heavy atom. The van der Waals surface area contributed by atoms with Crippen molar-refractivity contribution in [3.8, 4) is 0 Å². The van der Waals surface area contributed by atoms with E-state index in [4.69, 9.17) is 32.7 Å². The molecule has 14 heteroatoms. The molecule has 0 bridgehead atoms. The number of nitrogens with one attached hydrogen (secondary N) is 1. The molecule has 1 N–H and O–H groups in total. The van der Waals surface area contributed by atoms with Gasteiger partial charge in [0.1, 0.15) is 17.2 Å². The summed E-state index contributed by atoms with van der Waals surface area (Å²) < 4.78 is 65.1. The van der Waals surface area contributed by atoms with Crippen molar-refractivity contribution in [2.45, 2.75) is 71.1 Å². The van der Waals surface area contributed by atoms with Crippen molar-refractivity contribution < 1.29 is 45.9 Å². The smallest absolute Gasteiger partial charge is 0.443 e. The summed E-state index contributed by atoms with van der Waals surface area (Å²) in [6, 6.07) is 5.61. The highest BCUT2D eigenvalue weighted by atomic mass is 35.5. The molecule has 45 heavy (non-hydrogen) atoms. The Morgan fingerprint density at radius 1 is 0.867 bits per heavy atom. The minimum absolute atomic E-state index is 0.0820. The van der Waals surface area contributed by atoms with Crippen molar-refractivity contribution in [1.29, 1.82) is 0 Å². The molecule has 2 aromatic carbocycles. The molecular weight excluding hydrogens is 646 g/mol. The Bertz CT molecular complexity index is 1840. The lowest BCUT2D eigenvalue weighted by molar-refractivity contribution is -0.156. The number of fused-ring (bicyclic) bond motifs is 6. The quantitative estimate of drug-likeness (QED) is 0.149. The third-order valence-corrected chi connectivity index (χ3v) is 7.55. The Morgan fingerprint density at radius 2 is 1.40 bits per heavy atom. The van der Waals surface area contributed by atoms with Crippen LogP contribution in [0.15, 0.2) is 24.3 Å². The number of carbonyl (C=O) groups is 4. The van der Waals surface area contributed by atoms with Gasteiger partial charge in [-0.1, -0.05) is 23.2 Å². The largest absolute Gasteiger partial charge is 0.446 e. The fourth-order valence-corrected chi connectivity index (χ4v) is 5.55. The second-order valence-corrected chi connectivity index (χ2v) is 12.2. The molecule has 0 saturated heterocycles. The third-order valence-electron chi connectivity index (χ3n) is 6.97. The summed E-state index contributed by atoms with van der Waals surface area (Å²) in [5.74, 6) is -1.03. The average molecular weight is 673 g/mol. The molecule has 4 aromatic rings. The van der Waals surface area contributed by atoms with Gasteiger partial charge in [0.25, 0.3) is 0 Å². The lowest BCUT2D eigenvalue weighted by Crippen LogP contribution is -2.29. The molecule has 2 heterocycles. The number of halogens is 7. The van der Waals surface area contributed by atoms with Crippen LogP contribution in [0.3, 0.4) is 0 Å². The number of benzene rings is 2. The van der Waals surface area contributed by atoms with Crippen LogP contribution in [0.25, 0.3) is 21.8 Å². The van der Waals surface area contributed by atoms with E-state index in [2.05, 4.69) is 4.98 Å². The topological polar surface area (TPSA) is 98.2 Å². The van der Waals surface area contributed by atoms with E-state index in [1.54, 1.807) is 20.8 Å². The second-order valence-electron chi connectivity index (χ2n) is 11.4. The van der Waals surface area contributed by atoms with Gasteiger partial charge in [-0.3, -0.25) is 14.4 Å². The van der Waals surface area contributed by atoms with Gasteiger partial charge in [0.2, 0.25) is 6.29 Å². The minimum Gasteiger partial charge on any atom is -0.443 e. The number of aromatic nitrogens is 2. The number of aryl methyl sites for hydroxylation is 2. The molecule has 6 rings (SSSR count). The van der Waals surface area contributed by atoms with Crippen LogP contribution < -0.4 is 0 Å². The first kappa shape index (κ1) is 34.1. The van der Waals surface area contributed by atoms with E-state index < -0.39 is 35.8 Å². The van der Waals surface area contributed by atoms with E-state index in [0.717, 1.165) is 29.3 Å². The molecule has 0 unspecified atom stereocenters. The summed E-state index contributed by atoms with van der Waals surface area (Å²) in [6.45, 7) is 5.24. The van der Waals surface area contributed by atoms with Crippen molar-refractivity contribution in [2.24, 2.45) is 0 Å². The zero-order valence-electron chi connectivity index (χ0n) is 24.3. The zero-order valence-corrected chi connectivity index (χ0v) is 25.8. The molecule has 2 aliphatic rings. The number of hydrogen-bond donors (Lipinski definition) is 1. The Hall–Kier alpha value is -3.77. The van der Waals surface area contributed by atoms with Crippen LogP contribution in [0.5, 0.6) is 0 Å². The van der Waals surface area contributed by atoms with Gasteiger partial charge in [0.05, 0.1) is 26.9 Å². The summed E-state index contributed by atoms with van der Waals surface area (Å²) in [5.41, 5.74) is 2.99. The Balaban J connectivity index is 0.000000181. The van der Waals surface area contributed by atoms with Gasteiger partial charge in [0, 0.05) is 29.1 Å². The number of hydrogen-bond acceptors (Lipinski definition) is 5. The van der Waals surface area contributed by atoms with Gasteiger partial charge >= 0.3 is 12.3 Å². The fourth-order valence-electron chi connectivity index (χ4n) is 5.23. The molecule has 0 amide bonds. The zero-order chi connectivity index (χ0) is 33.4. The number of ketones is 2. The monoisotopic (exact) mass is 672 g/mol. The van der Waals surface area contributed by atoms with E-state index in [0.29, 0.717) is 53.5 Å². The van der Waals surface area contributed by atoms with Gasteiger partial charge in [0.15, 0.2) is 11.6 Å². The lowest BCUT2D eigenvalue weighted by Gasteiger charge is -2.21. The summed E-state index contributed by atoms with van der Waals surface area (Å²) in [5, 5.41) is 1.31.